The zero-order chi connectivity index (χ0) is 15.0. The topological polar surface area (TPSA) is 73.4 Å². The van der Waals surface area contributed by atoms with Crippen molar-refractivity contribution in [2.45, 2.75) is 6.18 Å². The number of fused-ring (bicyclic) bond motifs is 1. The van der Waals surface area contributed by atoms with Crippen molar-refractivity contribution in [1.82, 2.24) is 24.7 Å². The van der Waals surface area contributed by atoms with Gasteiger partial charge in [0.15, 0.2) is 11.8 Å². The first-order valence-electron chi connectivity index (χ1n) is 6.18. The molecule has 2 aromatic heterocycles. The van der Waals surface area contributed by atoms with E-state index >= 15 is 0 Å². The number of anilines is 1. The van der Waals surface area contributed by atoms with E-state index in [1.807, 2.05) is 11.1 Å². The molecule has 0 unspecified atom stereocenters. The summed E-state index contributed by atoms with van der Waals surface area (Å²) in [5.41, 5.74) is 0.0433. The Hall–Kier alpha value is -2.57. The maximum atomic E-state index is 12.8. The number of halogens is 3. The molecule has 1 saturated heterocycles. The zero-order valence-electron chi connectivity index (χ0n) is 10.7. The van der Waals surface area contributed by atoms with Crippen molar-refractivity contribution in [3.05, 3.63) is 18.0 Å². The molecule has 3 rings (SSSR count). The van der Waals surface area contributed by atoms with E-state index in [0.717, 1.165) is 0 Å². The lowest BCUT2D eigenvalue weighted by Crippen LogP contribution is -2.44. The lowest BCUT2D eigenvalue weighted by Gasteiger charge is -2.32. The van der Waals surface area contributed by atoms with Crippen LogP contribution in [0, 0.1) is 11.5 Å². The molecule has 1 aliphatic rings. The van der Waals surface area contributed by atoms with Crippen LogP contribution in [-0.4, -0.2) is 50.9 Å². The largest absolute Gasteiger partial charge is 0.453 e. The predicted molar refractivity (Wildman–Crippen MR) is 65.2 cm³/mol. The van der Waals surface area contributed by atoms with E-state index in [2.05, 4.69) is 15.3 Å². The van der Waals surface area contributed by atoms with Crippen molar-refractivity contribution < 1.29 is 13.2 Å². The van der Waals surface area contributed by atoms with Crippen LogP contribution in [-0.2, 0) is 6.18 Å². The summed E-state index contributed by atoms with van der Waals surface area (Å²) < 4.78 is 39.1. The third kappa shape index (κ3) is 2.42. The first-order valence-corrected chi connectivity index (χ1v) is 6.18. The minimum absolute atomic E-state index is 0.0433. The fourth-order valence-electron chi connectivity index (χ4n) is 2.16. The van der Waals surface area contributed by atoms with Crippen LogP contribution >= 0.6 is 0 Å². The van der Waals surface area contributed by atoms with Gasteiger partial charge in [-0.2, -0.15) is 22.9 Å². The van der Waals surface area contributed by atoms with Gasteiger partial charge >= 0.3 is 6.18 Å². The minimum Gasteiger partial charge on any atom is -0.352 e. The third-order valence-corrected chi connectivity index (χ3v) is 3.25. The Labute approximate surface area is 117 Å². The van der Waals surface area contributed by atoms with Crippen molar-refractivity contribution in [3.8, 4) is 6.19 Å². The average Bonchev–Trinajstić information content (AvgIpc) is 2.90. The normalized spacial score (nSPS) is 16.3. The van der Waals surface area contributed by atoms with Gasteiger partial charge in [0.2, 0.25) is 0 Å². The van der Waals surface area contributed by atoms with Gasteiger partial charge in [0.25, 0.3) is 5.82 Å². The standard InChI is InChI=1S/C11H10F3N7/c12-11(13,14)10-17-16-8-1-2-9(18-21(8)10)20-5-3-19(7-15)4-6-20/h1-2H,3-6H2. The van der Waals surface area contributed by atoms with Gasteiger partial charge in [-0.3, -0.25) is 0 Å². The summed E-state index contributed by atoms with van der Waals surface area (Å²) >= 11 is 0. The molecule has 110 valence electrons. The number of rotatable bonds is 1. The minimum atomic E-state index is -4.61. The summed E-state index contributed by atoms with van der Waals surface area (Å²) in [5, 5.41) is 19.3. The Morgan fingerprint density at radius 2 is 1.81 bits per heavy atom. The molecule has 1 fully saturated rings. The SMILES string of the molecule is N#CN1CCN(c2ccc3nnc(C(F)(F)F)n3n2)CC1. The maximum absolute atomic E-state index is 12.8. The highest BCUT2D eigenvalue weighted by molar-refractivity contribution is 5.46. The number of piperazine rings is 1. The van der Waals surface area contributed by atoms with E-state index in [-0.39, 0.29) is 5.65 Å². The van der Waals surface area contributed by atoms with Crippen molar-refractivity contribution in [3.63, 3.8) is 0 Å². The molecule has 0 atom stereocenters. The number of nitrogens with zero attached hydrogens (tertiary/aromatic N) is 7. The van der Waals surface area contributed by atoms with Crippen LogP contribution in [0.1, 0.15) is 5.82 Å². The van der Waals surface area contributed by atoms with E-state index in [1.54, 1.807) is 11.0 Å². The first-order chi connectivity index (χ1) is 9.99. The Kier molecular flexibility index (Phi) is 3.04. The van der Waals surface area contributed by atoms with Crippen LogP contribution in [0.25, 0.3) is 5.65 Å². The molecule has 0 amide bonds. The lowest BCUT2D eigenvalue weighted by molar-refractivity contribution is -0.146. The molecule has 2 aromatic rings. The second-order valence-corrected chi connectivity index (χ2v) is 4.56. The predicted octanol–water partition coefficient (Wildman–Crippen LogP) is 0.746. The fourth-order valence-corrected chi connectivity index (χ4v) is 2.16. The van der Waals surface area contributed by atoms with Crippen LogP contribution in [0.2, 0.25) is 0 Å². The maximum Gasteiger partial charge on any atom is 0.453 e. The fraction of sp³-hybridized carbons (Fsp3) is 0.455. The summed E-state index contributed by atoms with van der Waals surface area (Å²) in [7, 11) is 0. The van der Waals surface area contributed by atoms with Crippen LogP contribution in [0.15, 0.2) is 12.1 Å². The highest BCUT2D eigenvalue weighted by Gasteiger charge is 2.37. The van der Waals surface area contributed by atoms with Gasteiger partial charge in [0.1, 0.15) is 5.82 Å². The van der Waals surface area contributed by atoms with Crippen molar-refractivity contribution in [2.75, 3.05) is 31.1 Å². The molecule has 0 saturated carbocycles. The van der Waals surface area contributed by atoms with Crippen molar-refractivity contribution in [2.24, 2.45) is 0 Å². The number of hydrogen-bond acceptors (Lipinski definition) is 6. The summed E-state index contributed by atoms with van der Waals surface area (Å²) in [6.07, 6.45) is -2.56. The summed E-state index contributed by atoms with van der Waals surface area (Å²) in [6, 6.07) is 3.05. The molecule has 10 heteroatoms. The molecule has 0 radical (unpaired) electrons. The Balaban J connectivity index is 1.92. The molecule has 0 aromatic carbocycles. The molecule has 3 heterocycles. The van der Waals surface area contributed by atoms with Gasteiger partial charge < -0.3 is 9.80 Å². The molecule has 0 aliphatic carbocycles. The number of nitriles is 1. The quantitative estimate of drug-likeness (QED) is 0.723. The van der Waals surface area contributed by atoms with Crippen LogP contribution in [0.4, 0.5) is 19.0 Å². The van der Waals surface area contributed by atoms with Gasteiger partial charge in [0.05, 0.1) is 0 Å². The molecule has 0 bridgehead atoms. The summed E-state index contributed by atoms with van der Waals surface area (Å²) in [4.78, 5) is 3.42. The molecular weight excluding hydrogens is 287 g/mol. The van der Waals surface area contributed by atoms with Crippen LogP contribution in [0.3, 0.4) is 0 Å². The Bertz CT molecular complexity index is 694. The highest BCUT2D eigenvalue weighted by atomic mass is 19.4. The van der Waals surface area contributed by atoms with Gasteiger partial charge in [-0.25, -0.2) is 0 Å². The molecule has 1 aliphatic heterocycles. The summed E-state index contributed by atoms with van der Waals surface area (Å²) in [5.74, 6) is -0.736. The number of hydrogen-bond donors (Lipinski definition) is 0. The molecule has 0 N–H and O–H groups in total. The van der Waals surface area contributed by atoms with Crippen molar-refractivity contribution >= 4 is 11.5 Å². The molecular formula is C11H10F3N7. The highest BCUT2D eigenvalue weighted by Crippen LogP contribution is 2.28. The van der Waals surface area contributed by atoms with Gasteiger partial charge in [-0.1, -0.05) is 0 Å². The van der Waals surface area contributed by atoms with Crippen LogP contribution in [0.5, 0.6) is 0 Å². The third-order valence-electron chi connectivity index (χ3n) is 3.25. The summed E-state index contributed by atoms with van der Waals surface area (Å²) in [6.45, 7) is 2.08. The van der Waals surface area contributed by atoms with E-state index < -0.39 is 12.0 Å². The van der Waals surface area contributed by atoms with E-state index in [9.17, 15) is 13.2 Å². The van der Waals surface area contributed by atoms with E-state index in [1.165, 1.54) is 6.07 Å². The molecule has 21 heavy (non-hydrogen) atoms. The van der Waals surface area contributed by atoms with Gasteiger partial charge in [0, 0.05) is 26.2 Å². The van der Waals surface area contributed by atoms with Gasteiger partial charge in [-0.15, -0.1) is 15.3 Å². The monoisotopic (exact) mass is 297 g/mol. The lowest BCUT2D eigenvalue weighted by atomic mass is 10.3. The van der Waals surface area contributed by atoms with Crippen molar-refractivity contribution in [1.29, 1.82) is 5.26 Å². The molecule has 7 nitrogen and oxygen atoms in total. The zero-order valence-corrected chi connectivity index (χ0v) is 10.7. The number of alkyl halides is 3. The van der Waals surface area contributed by atoms with Crippen LogP contribution < -0.4 is 4.90 Å². The Morgan fingerprint density at radius 1 is 1.10 bits per heavy atom. The molecule has 0 spiro atoms. The number of aromatic nitrogens is 4. The Morgan fingerprint density at radius 3 is 2.43 bits per heavy atom. The van der Waals surface area contributed by atoms with E-state index in [0.29, 0.717) is 36.5 Å². The smallest absolute Gasteiger partial charge is 0.352 e. The average molecular weight is 297 g/mol. The van der Waals surface area contributed by atoms with Gasteiger partial charge in [-0.05, 0) is 12.1 Å². The first kappa shape index (κ1) is 13.4. The van der Waals surface area contributed by atoms with E-state index in [4.69, 9.17) is 5.26 Å². The second kappa shape index (κ2) is 4.76. The second-order valence-electron chi connectivity index (χ2n) is 4.56.